The molecule has 0 atom stereocenters. The molecule has 0 saturated heterocycles. The minimum Gasteiger partial charge on any atom is -0.496 e. The highest BCUT2D eigenvalue weighted by molar-refractivity contribution is 7.07. The molecular formula is C14H13ClO2S. The van der Waals surface area contributed by atoms with Gasteiger partial charge in [0.15, 0.2) is 5.78 Å². The minimum absolute atomic E-state index is 0.0561. The number of thiophene rings is 1. The van der Waals surface area contributed by atoms with Crippen molar-refractivity contribution in [2.75, 3.05) is 7.11 Å². The van der Waals surface area contributed by atoms with E-state index in [2.05, 4.69) is 5.38 Å². The largest absolute Gasteiger partial charge is 0.496 e. The molecule has 0 radical (unpaired) electrons. The van der Waals surface area contributed by atoms with E-state index >= 15 is 0 Å². The molecule has 4 heteroatoms. The lowest BCUT2D eigenvalue weighted by atomic mass is 10.0. The topological polar surface area (TPSA) is 26.3 Å². The van der Waals surface area contributed by atoms with E-state index < -0.39 is 0 Å². The summed E-state index contributed by atoms with van der Waals surface area (Å²) < 4.78 is 5.18. The van der Waals surface area contributed by atoms with Crippen LogP contribution in [0.15, 0.2) is 35.0 Å². The quantitative estimate of drug-likeness (QED) is 0.766. The molecule has 0 saturated carbocycles. The van der Waals surface area contributed by atoms with Crippen LogP contribution in [-0.2, 0) is 6.42 Å². The standard InChI is InChI=1S/C14H13ClO2S/c1-17-14-5-3-11(15)8-12(14)13(16)4-2-10-6-7-18-9-10/h3,5-9H,2,4H2,1H3. The van der Waals surface area contributed by atoms with E-state index in [1.54, 1.807) is 36.6 Å². The van der Waals surface area contributed by atoms with E-state index in [0.717, 1.165) is 6.42 Å². The van der Waals surface area contributed by atoms with Crippen molar-refractivity contribution in [2.24, 2.45) is 0 Å². The monoisotopic (exact) mass is 280 g/mol. The van der Waals surface area contributed by atoms with Crippen LogP contribution in [0.2, 0.25) is 5.02 Å². The molecule has 0 unspecified atom stereocenters. The molecular weight excluding hydrogens is 268 g/mol. The number of Topliss-reactive ketones (excluding diaryl/α,β-unsaturated/α-hetero) is 1. The summed E-state index contributed by atoms with van der Waals surface area (Å²) in [4.78, 5) is 12.1. The van der Waals surface area contributed by atoms with E-state index in [0.29, 0.717) is 22.8 Å². The van der Waals surface area contributed by atoms with E-state index in [9.17, 15) is 4.79 Å². The van der Waals surface area contributed by atoms with Gasteiger partial charge < -0.3 is 4.74 Å². The third-order valence-electron chi connectivity index (χ3n) is 2.68. The maximum Gasteiger partial charge on any atom is 0.166 e. The number of rotatable bonds is 5. The summed E-state index contributed by atoms with van der Waals surface area (Å²) in [6.45, 7) is 0. The second-order valence-electron chi connectivity index (χ2n) is 3.90. The maximum atomic E-state index is 12.1. The van der Waals surface area contributed by atoms with Crippen molar-refractivity contribution in [3.63, 3.8) is 0 Å². The first-order valence-electron chi connectivity index (χ1n) is 5.58. The number of carbonyl (C=O) groups is 1. The fourth-order valence-electron chi connectivity index (χ4n) is 1.73. The fraction of sp³-hybridized carbons (Fsp3) is 0.214. The molecule has 2 nitrogen and oxygen atoms in total. The summed E-state index contributed by atoms with van der Waals surface area (Å²) in [5.74, 6) is 0.635. The third-order valence-corrected chi connectivity index (χ3v) is 3.65. The Hall–Kier alpha value is -1.32. The number of benzene rings is 1. The number of carbonyl (C=O) groups excluding carboxylic acids is 1. The number of halogens is 1. The van der Waals surface area contributed by atoms with Crippen LogP contribution < -0.4 is 4.74 Å². The SMILES string of the molecule is COc1ccc(Cl)cc1C(=O)CCc1ccsc1. The smallest absolute Gasteiger partial charge is 0.166 e. The lowest BCUT2D eigenvalue weighted by molar-refractivity contribution is 0.0980. The summed E-state index contributed by atoms with van der Waals surface area (Å²) in [6.07, 6.45) is 1.21. The van der Waals surface area contributed by atoms with Gasteiger partial charge in [-0.05, 0) is 47.0 Å². The van der Waals surface area contributed by atoms with Crippen molar-refractivity contribution in [3.8, 4) is 5.75 Å². The Kier molecular flexibility index (Phi) is 4.39. The van der Waals surface area contributed by atoms with Crippen molar-refractivity contribution in [2.45, 2.75) is 12.8 Å². The average molecular weight is 281 g/mol. The number of aryl methyl sites for hydroxylation is 1. The van der Waals surface area contributed by atoms with Crippen LogP contribution in [-0.4, -0.2) is 12.9 Å². The molecule has 94 valence electrons. The lowest BCUT2D eigenvalue weighted by Crippen LogP contribution is -2.03. The van der Waals surface area contributed by atoms with Crippen molar-refractivity contribution >= 4 is 28.7 Å². The number of ketones is 1. The highest BCUT2D eigenvalue weighted by Gasteiger charge is 2.12. The van der Waals surface area contributed by atoms with Crippen LogP contribution in [0.4, 0.5) is 0 Å². The Balaban J connectivity index is 2.10. The zero-order valence-corrected chi connectivity index (χ0v) is 11.6. The van der Waals surface area contributed by atoms with Crippen molar-refractivity contribution in [1.82, 2.24) is 0 Å². The molecule has 0 amide bonds. The zero-order valence-electron chi connectivity index (χ0n) is 9.98. The van der Waals surface area contributed by atoms with Gasteiger partial charge in [-0.2, -0.15) is 11.3 Å². The second kappa shape index (κ2) is 6.03. The van der Waals surface area contributed by atoms with Crippen LogP contribution in [0.5, 0.6) is 5.75 Å². The highest BCUT2D eigenvalue weighted by Crippen LogP contribution is 2.24. The molecule has 0 spiro atoms. The molecule has 0 aliphatic heterocycles. The fourth-order valence-corrected chi connectivity index (χ4v) is 2.60. The van der Waals surface area contributed by atoms with Crippen molar-refractivity contribution < 1.29 is 9.53 Å². The van der Waals surface area contributed by atoms with Gasteiger partial charge in [0.1, 0.15) is 5.75 Å². The Morgan fingerprint density at radius 2 is 2.22 bits per heavy atom. The van der Waals surface area contributed by atoms with Gasteiger partial charge in [-0.3, -0.25) is 4.79 Å². The van der Waals surface area contributed by atoms with Gasteiger partial charge in [-0.1, -0.05) is 11.6 Å². The Bertz CT molecular complexity index is 535. The number of hydrogen-bond acceptors (Lipinski definition) is 3. The van der Waals surface area contributed by atoms with E-state index in [1.807, 2.05) is 11.4 Å². The molecule has 0 aliphatic carbocycles. The predicted molar refractivity (Wildman–Crippen MR) is 75.0 cm³/mol. The van der Waals surface area contributed by atoms with Gasteiger partial charge in [0, 0.05) is 11.4 Å². The van der Waals surface area contributed by atoms with E-state index in [1.165, 1.54) is 5.56 Å². The summed E-state index contributed by atoms with van der Waals surface area (Å²) in [5, 5.41) is 4.62. The molecule has 0 N–H and O–H groups in total. The van der Waals surface area contributed by atoms with Crippen LogP contribution in [0, 0.1) is 0 Å². The third kappa shape index (κ3) is 3.12. The summed E-state index contributed by atoms with van der Waals surface area (Å²) in [6, 6.07) is 7.14. The van der Waals surface area contributed by atoms with Crippen molar-refractivity contribution in [3.05, 3.63) is 51.2 Å². The Labute approximate surface area is 115 Å². The van der Waals surface area contributed by atoms with Crippen LogP contribution in [0.1, 0.15) is 22.3 Å². The molecule has 1 heterocycles. The summed E-state index contributed by atoms with van der Waals surface area (Å²) in [7, 11) is 1.55. The first-order chi connectivity index (χ1) is 8.70. The van der Waals surface area contributed by atoms with E-state index in [-0.39, 0.29) is 5.78 Å². The molecule has 2 aromatic rings. The zero-order chi connectivity index (χ0) is 13.0. The average Bonchev–Trinajstić information content (AvgIpc) is 2.89. The van der Waals surface area contributed by atoms with Crippen LogP contribution in [0.25, 0.3) is 0 Å². The highest BCUT2D eigenvalue weighted by atomic mass is 35.5. The van der Waals surface area contributed by atoms with Gasteiger partial charge in [-0.25, -0.2) is 0 Å². The Morgan fingerprint density at radius 3 is 2.89 bits per heavy atom. The first-order valence-corrected chi connectivity index (χ1v) is 6.90. The van der Waals surface area contributed by atoms with Gasteiger partial charge in [0.05, 0.1) is 12.7 Å². The molecule has 1 aromatic carbocycles. The van der Waals surface area contributed by atoms with Gasteiger partial charge >= 0.3 is 0 Å². The minimum atomic E-state index is 0.0561. The molecule has 18 heavy (non-hydrogen) atoms. The first kappa shape index (κ1) is 13.1. The van der Waals surface area contributed by atoms with Crippen LogP contribution >= 0.6 is 22.9 Å². The normalized spacial score (nSPS) is 10.3. The number of ether oxygens (including phenoxy) is 1. The molecule has 2 rings (SSSR count). The molecule has 0 aliphatic rings. The molecule has 0 fully saturated rings. The Morgan fingerprint density at radius 1 is 1.39 bits per heavy atom. The van der Waals surface area contributed by atoms with Gasteiger partial charge in [0.25, 0.3) is 0 Å². The molecule has 0 bridgehead atoms. The van der Waals surface area contributed by atoms with Gasteiger partial charge in [0.2, 0.25) is 0 Å². The van der Waals surface area contributed by atoms with Crippen LogP contribution in [0.3, 0.4) is 0 Å². The number of methoxy groups -OCH3 is 1. The number of hydrogen-bond donors (Lipinski definition) is 0. The lowest BCUT2D eigenvalue weighted by Gasteiger charge is -2.07. The second-order valence-corrected chi connectivity index (χ2v) is 5.12. The molecule has 1 aromatic heterocycles. The summed E-state index contributed by atoms with van der Waals surface area (Å²) in [5.41, 5.74) is 1.74. The maximum absolute atomic E-state index is 12.1. The summed E-state index contributed by atoms with van der Waals surface area (Å²) >= 11 is 7.55. The predicted octanol–water partition coefficient (Wildman–Crippen LogP) is 4.23. The van der Waals surface area contributed by atoms with Crippen molar-refractivity contribution in [1.29, 1.82) is 0 Å². The van der Waals surface area contributed by atoms with E-state index in [4.69, 9.17) is 16.3 Å². The van der Waals surface area contributed by atoms with Gasteiger partial charge in [-0.15, -0.1) is 0 Å².